The smallest absolute Gasteiger partial charge is 0.305 e. The van der Waals surface area contributed by atoms with Crippen molar-refractivity contribution >= 4 is 28.6 Å². The van der Waals surface area contributed by atoms with Crippen LogP contribution >= 0.6 is 6.89 Å². The molecule has 0 aromatic heterocycles. The molecule has 158 valence electrons. The average molecular weight is 423 g/mol. The van der Waals surface area contributed by atoms with Crippen molar-refractivity contribution in [3.8, 4) is 0 Å². The Balaban J connectivity index is 2.45. The molecule has 3 aromatic carbocycles. The molecular formula is C26H31O3P. The molecule has 0 saturated heterocycles. The van der Waals surface area contributed by atoms with E-state index in [1.54, 1.807) is 0 Å². The second-order valence-corrected chi connectivity index (χ2v) is 10.0. The highest BCUT2D eigenvalue weighted by Crippen LogP contribution is 2.45. The summed E-state index contributed by atoms with van der Waals surface area (Å²) in [5, 5.41) is 3.68. The predicted molar refractivity (Wildman–Crippen MR) is 129 cm³/mol. The minimum atomic E-state index is -2.26. The van der Waals surface area contributed by atoms with Crippen molar-refractivity contribution < 1.29 is 14.2 Å². The summed E-state index contributed by atoms with van der Waals surface area (Å²) < 4.78 is 18.5. The van der Waals surface area contributed by atoms with E-state index in [4.69, 9.17) is 14.2 Å². The van der Waals surface area contributed by atoms with Crippen molar-refractivity contribution in [2.24, 2.45) is 0 Å². The van der Waals surface area contributed by atoms with Crippen LogP contribution < -0.4 is 15.9 Å². The second kappa shape index (κ2) is 10.7. The highest BCUT2D eigenvalue weighted by molar-refractivity contribution is 7.94. The van der Waals surface area contributed by atoms with Gasteiger partial charge in [-0.15, -0.1) is 0 Å². The SMILES string of the molecule is CCOC(C=P(c1ccccc1)(c1ccccc1)c1ccccc1)(OCC)OCC. The molecule has 0 saturated carbocycles. The first-order valence-corrected chi connectivity index (χ1v) is 12.4. The summed E-state index contributed by atoms with van der Waals surface area (Å²) in [5.74, 6) is 0.962. The van der Waals surface area contributed by atoms with Gasteiger partial charge in [-0.1, -0.05) is 91.0 Å². The standard InChI is InChI=1S/C26H31O3P/c1-4-27-26(28-5-2,29-6-3)22-30(23-16-10-7-11-17-23,24-18-12-8-13-19-24)25-20-14-9-15-21-25/h7-22H,4-6H2,1-3H3. The quantitative estimate of drug-likeness (QED) is 0.355. The number of rotatable bonds is 10. The first-order chi connectivity index (χ1) is 14.7. The third-order valence-electron chi connectivity index (χ3n) is 4.88. The maximum Gasteiger partial charge on any atom is 0.305 e. The highest BCUT2D eigenvalue weighted by Gasteiger charge is 2.37. The van der Waals surface area contributed by atoms with E-state index in [1.807, 2.05) is 20.8 Å². The van der Waals surface area contributed by atoms with Crippen LogP contribution in [0.1, 0.15) is 20.8 Å². The van der Waals surface area contributed by atoms with Crippen LogP contribution in [0.15, 0.2) is 91.0 Å². The van der Waals surface area contributed by atoms with Crippen LogP contribution in [0, 0.1) is 0 Å². The first-order valence-electron chi connectivity index (χ1n) is 10.5. The average Bonchev–Trinajstić information content (AvgIpc) is 2.80. The molecule has 30 heavy (non-hydrogen) atoms. The fourth-order valence-electron chi connectivity index (χ4n) is 3.74. The Morgan fingerprint density at radius 2 is 0.867 bits per heavy atom. The van der Waals surface area contributed by atoms with Gasteiger partial charge in [-0.05, 0) is 43.6 Å². The molecule has 0 aliphatic rings. The van der Waals surface area contributed by atoms with Gasteiger partial charge in [0.2, 0.25) is 0 Å². The molecule has 0 aliphatic heterocycles. The lowest BCUT2D eigenvalue weighted by molar-refractivity contribution is -0.326. The topological polar surface area (TPSA) is 27.7 Å². The van der Waals surface area contributed by atoms with Crippen LogP contribution in [-0.4, -0.2) is 31.6 Å². The van der Waals surface area contributed by atoms with E-state index in [1.165, 1.54) is 15.9 Å². The Morgan fingerprint density at radius 3 is 1.13 bits per heavy atom. The molecule has 0 amide bonds. The van der Waals surface area contributed by atoms with Crippen molar-refractivity contribution in [1.82, 2.24) is 0 Å². The van der Waals surface area contributed by atoms with Crippen molar-refractivity contribution in [3.63, 3.8) is 0 Å². The molecule has 0 radical (unpaired) electrons. The van der Waals surface area contributed by atoms with E-state index in [0.29, 0.717) is 19.8 Å². The largest absolute Gasteiger partial charge is 0.324 e. The Morgan fingerprint density at radius 1 is 0.567 bits per heavy atom. The van der Waals surface area contributed by atoms with E-state index < -0.39 is 12.9 Å². The summed E-state index contributed by atoms with van der Waals surface area (Å²) in [6.07, 6.45) is 0. The van der Waals surface area contributed by atoms with E-state index in [9.17, 15) is 0 Å². The maximum absolute atomic E-state index is 6.16. The van der Waals surface area contributed by atoms with E-state index in [0.717, 1.165) is 0 Å². The van der Waals surface area contributed by atoms with E-state index >= 15 is 0 Å². The Kier molecular flexibility index (Phi) is 8.07. The molecule has 0 bridgehead atoms. The van der Waals surface area contributed by atoms with Crippen LogP contribution in [0.5, 0.6) is 0 Å². The van der Waals surface area contributed by atoms with Gasteiger partial charge in [0.1, 0.15) is 0 Å². The lowest BCUT2D eigenvalue weighted by Crippen LogP contribution is -2.44. The lowest BCUT2D eigenvalue weighted by atomic mass is 10.4. The van der Waals surface area contributed by atoms with Gasteiger partial charge in [0.05, 0.1) is 0 Å². The van der Waals surface area contributed by atoms with Gasteiger partial charge in [-0.3, -0.25) is 0 Å². The van der Waals surface area contributed by atoms with Crippen molar-refractivity contribution in [2.45, 2.75) is 26.7 Å². The molecular weight excluding hydrogens is 391 g/mol. The molecule has 4 heteroatoms. The summed E-state index contributed by atoms with van der Waals surface area (Å²) in [4.78, 5) is 0. The molecule has 0 heterocycles. The zero-order chi connectivity index (χ0) is 21.3. The molecule has 0 fully saturated rings. The Hall–Kier alpha value is -2.16. The number of hydrogen-bond acceptors (Lipinski definition) is 3. The van der Waals surface area contributed by atoms with E-state index in [2.05, 4.69) is 96.8 Å². The maximum atomic E-state index is 6.16. The van der Waals surface area contributed by atoms with E-state index in [-0.39, 0.29) is 0 Å². The highest BCUT2D eigenvalue weighted by atomic mass is 31.2. The zero-order valence-corrected chi connectivity index (χ0v) is 18.9. The van der Waals surface area contributed by atoms with Crippen LogP contribution in [0.2, 0.25) is 0 Å². The molecule has 3 rings (SSSR count). The molecule has 3 nitrogen and oxygen atoms in total. The lowest BCUT2D eigenvalue weighted by Gasteiger charge is -2.36. The fourth-order valence-corrected chi connectivity index (χ4v) is 7.70. The van der Waals surface area contributed by atoms with Crippen LogP contribution in [0.4, 0.5) is 0 Å². The van der Waals surface area contributed by atoms with Crippen LogP contribution in [-0.2, 0) is 14.2 Å². The van der Waals surface area contributed by atoms with Gasteiger partial charge < -0.3 is 14.2 Å². The minimum Gasteiger partial charge on any atom is -0.324 e. The van der Waals surface area contributed by atoms with Crippen LogP contribution in [0.25, 0.3) is 0 Å². The van der Waals surface area contributed by atoms with Crippen molar-refractivity contribution in [1.29, 1.82) is 0 Å². The third-order valence-corrected chi connectivity index (χ3v) is 8.92. The Bertz CT molecular complexity index is 819. The van der Waals surface area contributed by atoms with Crippen molar-refractivity contribution in [3.05, 3.63) is 91.0 Å². The monoisotopic (exact) mass is 422 g/mol. The summed E-state index contributed by atoms with van der Waals surface area (Å²) >= 11 is 0. The molecule has 0 aliphatic carbocycles. The summed E-state index contributed by atoms with van der Waals surface area (Å²) in [6, 6.07) is 31.9. The van der Waals surface area contributed by atoms with Gasteiger partial charge in [0.25, 0.3) is 0 Å². The molecule has 0 spiro atoms. The first kappa shape index (κ1) is 22.5. The molecule has 3 aromatic rings. The van der Waals surface area contributed by atoms with Gasteiger partial charge in [-0.25, -0.2) is 0 Å². The number of ether oxygens (including phenoxy) is 3. The summed E-state index contributed by atoms with van der Waals surface area (Å²) in [6.45, 7) is 5.08. The Labute approximate surface area is 180 Å². The minimum absolute atomic E-state index is 0.481. The normalized spacial score (nSPS) is 12.0. The van der Waals surface area contributed by atoms with Gasteiger partial charge in [0.15, 0.2) is 0 Å². The summed E-state index contributed by atoms with van der Waals surface area (Å²) in [7, 11) is 0. The second-order valence-electron chi connectivity index (χ2n) is 6.76. The van der Waals surface area contributed by atoms with Gasteiger partial charge in [0, 0.05) is 25.6 Å². The molecule has 0 N–H and O–H groups in total. The molecule has 0 atom stereocenters. The molecule has 0 unspecified atom stereocenters. The fraction of sp³-hybridized carbons (Fsp3) is 0.269. The third kappa shape index (κ3) is 4.77. The van der Waals surface area contributed by atoms with Gasteiger partial charge in [-0.2, -0.15) is 0 Å². The van der Waals surface area contributed by atoms with Crippen molar-refractivity contribution in [2.75, 3.05) is 19.8 Å². The van der Waals surface area contributed by atoms with Gasteiger partial charge >= 0.3 is 5.97 Å². The van der Waals surface area contributed by atoms with Crippen LogP contribution in [0.3, 0.4) is 0 Å². The number of hydrogen-bond donors (Lipinski definition) is 0. The number of benzene rings is 3. The summed E-state index contributed by atoms with van der Waals surface area (Å²) in [5.41, 5.74) is 0. The zero-order valence-electron chi connectivity index (χ0n) is 18.0. The predicted octanol–water partition coefficient (Wildman–Crippen LogP) is 4.55.